The van der Waals surface area contributed by atoms with E-state index < -0.39 is 11.8 Å². The molecule has 0 aliphatic heterocycles. The fraction of sp³-hybridized carbons (Fsp3) is 0.250. The van der Waals surface area contributed by atoms with Crippen molar-refractivity contribution in [3.8, 4) is 0 Å². The lowest BCUT2D eigenvalue weighted by molar-refractivity contribution is -0.136. The monoisotopic (exact) mass is 286 g/mol. The van der Waals surface area contributed by atoms with E-state index in [9.17, 15) is 9.18 Å². The molecule has 4 heteroatoms. The maximum atomic E-state index is 13.2. The Hall–Kier alpha value is -1.16. The Labute approximate surface area is 102 Å². The molecule has 0 aromatic heterocycles. The molecule has 0 fully saturated rings. The summed E-state index contributed by atoms with van der Waals surface area (Å²) in [5, 5.41) is 9.47. The van der Waals surface area contributed by atoms with Crippen LogP contribution in [0.25, 0.3) is 6.08 Å². The van der Waals surface area contributed by atoms with Crippen LogP contribution in [0.15, 0.2) is 24.3 Å². The van der Waals surface area contributed by atoms with Gasteiger partial charge in [0.05, 0.1) is 6.42 Å². The molecule has 1 aromatic rings. The molecule has 0 aliphatic carbocycles. The summed E-state index contributed by atoms with van der Waals surface area (Å²) in [6.45, 7) is 0. The van der Waals surface area contributed by atoms with Gasteiger partial charge < -0.3 is 5.11 Å². The Bertz CT molecular complexity index is 402. The highest BCUT2D eigenvalue weighted by molar-refractivity contribution is 9.09. The summed E-state index contributed by atoms with van der Waals surface area (Å²) < 4.78 is 13.2. The Kier molecular flexibility index (Phi) is 5.19. The minimum Gasteiger partial charge on any atom is -0.481 e. The molecule has 0 saturated carbocycles. The lowest BCUT2D eigenvalue weighted by atomic mass is 10.1. The molecule has 16 heavy (non-hydrogen) atoms. The molecular formula is C12H12BrFO2. The van der Waals surface area contributed by atoms with Crippen molar-refractivity contribution < 1.29 is 14.3 Å². The van der Waals surface area contributed by atoms with E-state index in [2.05, 4.69) is 15.9 Å². The van der Waals surface area contributed by atoms with Gasteiger partial charge in [-0.2, -0.15) is 0 Å². The number of hydrogen-bond acceptors (Lipinski definition) is 1. The second kappa shape index (κ2) is 6.43. The third-order valence-corrected chi connectivity index (χ3v) is 2.46. The Morgan fingerprint density at radius 1 is 1.50 bits per heavy atom. The van der Waals surface area contributed by atoms with Crippen LogP contribution in [0.3, 0.4) is 0 Å². The number of carboxylic acid groups (broad SMARTS) is 1. The number of aliphatic carboxylic acids is 1. The molecule has 1 aromatic carbocycles. The number of allylic oxidation sites excluding steroid dienone is 1. The SMILES string of the molecule is O=C(O)Cc1cc(C=CCCBr)ccc1F. The van der Waals surface area contributed by atoms with Gasteiger partial charge in [0.25, 0.3) is 0 Å². The van der Waals surface area contributed by atoms with Gasteiger partial charge in [-0.1, -0.05) is 34.1 Å². The lowest BCUT2D eigenvalue weighted by Crippen LogP contribution is -2.02. The van der Waals surface area contributed by atoms with Crippen LogP contribution in [0.2, 0.25) is 0 Å². The molecule has 2 nitrogen and oxygen atoms in total. The number of benzene rings is 1. The van der Waals surface area contributed by atoms with Gasteiger partial charge in [-0.3, -0.25) is 4.79 Å². The summed E-state index contributed by atoms with van der Waals surface area (Å²) in [4.78, 5) is 10.5. The summed E-state index contributed by atoms with van der Waals surface area (Å²) in [5.74, 6) is -1.50. The fourth-order valence-corrected chi connectivity index (χ4v) is 1.54. The first-order chi connectivity index (χ1) is 7.63. The van der Waals surface area contributed by atoms with Crippen LogP contribution >= 0.6 is 15.9 Å². The van der Waals surface area contributed by atoms with E-state index in [-0.39, 0.29) is 12.0 Å². The van der Waals surface area contributed by atoms with Crippen LogP contribution in [0.5, 0.6) is 0 Å². The van der Waals surface area contributed by atoms with Crippen molar-refractivity contribution in [1.29, 1.82) is 0 Å². The largest absolute Gasteiger partial charge is 0.481 e. The minimum atomic E-state index is -1.03. The molecule has 0 saturated heterocycles. The number of alkyl halides is 1. The lowest BCUT2D eigenvalue weighted by Gasteiger charge is -2.01. The summed E-state index contributed by atoms with van der Waals surface area (Å²) in [5.41, 5.74) is 1.03. The summed E-state index contributed by atoms with van der Waals surface area (Å²) in [6, 6.07) is 4.49. The van der Waals surface area contributed by atoms with Crippen molar-refractivity contribution in [3.63, 3.8) is 0 Å². The number of carboxylic acids is 1. The van der Waals surface area contributed by atoms with E-state index in [1.54, 1.807) is 12.1 Å². The zero-order valence-corrected chi connectivity index (χ0v) is 10.2. The quantitative estimate of drug-likeness (QED) is 0.844. The topological polar surface area (TPSA) is 37.3 Å². The van der Waals surface area contributed by atoms with Crippen LogP contribution < -0.4 is 0 Å². The van der Waals surface area contributed by atoms with Gasteiger partial charge >= 0.3 is 5.97 Å². The average molecular weight is 287 g/mol. The first-order valence-corrected chi connectivity index (χ1v) is 5.98. The fourth-order valence-electron chi connectivity index (χ4n) is 1.28. The van der Waals surface area contributed by atoms with Gasteiger partial charge in [0.15, 0.2) is 0 Å². The number of carbonyl (C=O) groups is 1. The van der Waals surface area contributed by atoms with E-state index in [1.807, 2.05) is 12.2 Å². The molecule has 0 bridgehead atoms. The van der Waals surface area contributed by atoms with Gasteiger partial charge in [0, 0.05) is 5.33 Å². The summed E-state index contributed by atoms with van der Waals surface area (Å²) in [7, 11) is 0. The van der Waals surface area contributed by atoms with E-state index in [4.69, 9.17) is 5.11 Å². The zero-order valence-electron chi connectivity index (χ0n) is 8.62. The highest BCUT2D eigenvalue weighted by Crippen LogP contribution is 2.13. The van der Waals surface area contributed by atoms with Crippen LogP contribution in [0.4, 0.5) is 4.39 Å². The van der Waals surface area contributed by atoms with E-state index in [1.165, 1.54) is 6.07 Å². The molecule has 0 radical (unpaired) electrons. The maximum Gasteiger partial charge on any atom is 0.307 e. The first-order valence-electron chi connectivity index (χ1n) is 4.86. The van der Waals surface area contributed by atoms with Gasteiger partial charge in [-0.15, -0.1) is 0 Å². The summed E-state index contributed by atoms with van der Waals surface area (Å²) >= 11 is 3.29. The predicted octanol–water partition coefficient (Wildman–Crippen LogP) is 3.25. The van der Waals surface area contributed by atoms with Crippen molar-refractivity contribution >= 4 is 28.0 Å². The van der Waals surface area contributed by atoms with Crippen molar-refractivity contribution in [1.82, 2.24) is 0 Å². The predicted molar refractivity (Wildman–Crippen MR) is 65.2 cm³/mol. The van der Waals surface area contributed by atoms with Gasteiger partial charge in [-0.25, -0.2) is 4.39 Å². The maximum absolute atomic E-state index is 13.2. The van der Waals surface area contributed by atoms with Gasteiger partial charge in [0.2, 0.25) is 0 Å². The molecule has 0 heterocycles. The third-order valence-electron chi connectivity index (χ3n) is 2.00. The molecule has 86 valence electrons. The van der Waals surface area contributed by atoms with E-state index >= 15 is 0 Å². The Balaban J connectivity index is 2.84. The van der Waals surface area contributed by atoms with E-state index in [0.29, 0.717) is 0 Å². The zero-order chi connectivity index (χ0) is 12.0. The van der Waals surface area contributed by atoms with Crippen molar-refractivity contribution in [2.24, 2.45) is 0 Å². The molecule has 0 unspecified atom stereocenters. The smallest absolute Gasteiger partial charge is 0.307 e. The van der Waals surface area contributed by atoms with Crippen molar-refractivity contribution in [2.75, 3.05) is 5.33 Å². The normalized spacial score (nSPS) is 10.9. The van der Waals surface area contributed by atoms with Crippen LogP contribution in [-0.4, -0.2) is 16.4 Å². The number of halogens is 2. The molecule has 1 rings (SSSR count). The second-order valence-corrected chi connectivity index (χ2v) is 4.09. The first kappa shape index (κ1) is 12.9. The standard InChI is InChI=1S/C12H12BrFO2/c13-6-2-1-3-9-4-5-11(14)10(7-9)8-12(15)16/h1,3-5,7H,2,6,8H2,(H,15,16). The Morgan fingerprint density at radius 2 is 2.25 bits per heavy atom. The van der Waals surface area contributed by atoms with Crippen LogP contribution in [0.1, 0.15) is 17.5 Å². The average Bonchev–Trinajstić information content (AvgIpc) is 2.22. The van der Waals surface area contributed by atoms with E-state index in [0.717, 1.165) is 17.3 Å². The number of rotatable bonds is 5. The van der Waals surface area contributed by atoms with Gasteiger partial charge in [0.1, 0.15) is 5.82 Å². The highest BCUT2D eigenvalue weighted by Gasteiger charge is 2.06. The molecule has 0 spiro atoms. The molecule has 0 aliphatic rings. The minimum absolute atomic E-state index is 0.216. The van der Waals surface area contributed by atoms with Gasteiger partial charge in [-0.05, 0) is 29.7 Å². The highest BCUT2D eigenvalue weighted by atomic mass is 79.9. The molecule has 0 atom stereocenters. The van der Waals surface area contributed by atoms with Crippen LogP contribution in [0, 0.1) is 5.82 Å². The molecule has 1 N–H and O–H groups in total. The third kappa shape index (κ3) is 4.14. The molecular weight excluding hydrogens is 275 g/mol. The van der Waals surface area contributed by atoms with Crippen molar-refractivity contribution in [2.45, 2.75) is 12.8 Å². The number of hydrogen-bond donors (Lipinski definition) is 1. The second-order valence-electron chi connectivity index (χ2n) is 3.30. The van der Waals surface area contributed by atoms with Crippen molar-refractivity contribution in [3.05, 3.63) is 41.2 Å². The van der Waals surface area contributed by atoms with Crippen LogP contribution in [-0.2, 0) is 11.2 Å². The summed E-state index contributed by atoms with van der Waals surface area (Å²) in [6.07, 6.45) is 4.40. The Morgan fingerprint density at radius 3 is 2.88 bits per heavy atom. The molecule has 0 amide bonds.